The van der Waals surface area contributed by atoms with Crippen LogP contribution in [0, 0.1) is 17.8 Å². The minimum Gasteiger partial charge on any atom is -0.349 e. The molecule has 3 aromatic rings. The molecule has 0 radical (unpaired) electrons. The van der Waals surface area contributed by atoms with Crippen molar-refractivity contribution in [3.05, 3.63) is 53.1 Å². The van der Waals surface area contributed by atoms with Gasteiger partial charge in [0.2, 0.25) is 5.91 Å². The molecule has 154 valence electrons. The average Bonchev–Trinajstić information content (AvgIpc) is 3.15. The van der Waals surface area contributed by atoms with Gasteiger partial charge in [0, 0.05) is 10.4 Å². The number of benzene rings is 1. The zero-order valence-electron chi connectivity index (χ0n) is 16.8. The second-order valence-electron chi connectivity index (χ2n) is 9.62. The van der Waals surface area contributed by atoms with Gasteiger partial charge in [-0.1, -0.05) is 30.3 Å². The maximum atomic E-state index is 13.0. The Kier molecular flexibility index (Phi) is 4.13. The quantitative estimate of drug-likeness (QED) is 0.689. The Morgan fingerprint density at radius 1 is 1.10 bits per heavy atom. The lowest BCUT2D eigenvalue weighted by Gasteiger charge is -2.56. The fraction of sp³-hybridized carbons (Fsp3) is 0.458. The maximum absolute atomic E-state index is 13.0. The fourth-order valence-electron chi connectivity index (χ4n) is 6.57. The summed E-state index contributed by atoms with van der Waals surface area (Å²) in [5.41, 5.74) is 0.903. The lowest BCUT2D eigenvalue weighted by molar-refractivity contribution is -0.127. The van der Waals surface area contributed by atoms with Gasteiger partial charge in [0.05, 0.1) is 11.7 Å². The van der Waals surface area contributed by atoms with E-state index in [-0.39, 0.29) is 23.6 Å². The molecule has 0 aliphatic heterocycles. The highest BCUT2D eigenvalue weighted by Gasteiger charge is 2.51. The number of nitrogens with zero attached hydrogens (tertiary/aromatic N) is 2. The van der Waals surface area contributed by atoms with Gasteiger partial charge in [-0.05, 0) is 67.9 Å². The Bertz CT molecular complexity index is 1140. The average molecular weight is 420 g/mol. The van der Waals surface area contributed by atoms with Crippen molar-refractivity contribution in [1.82, 2.24) is 14.9 Å². The molecule has 1 aromatic carbocycles. The predicted octanol–water partition coefficient (Wildman–Crippen LogP) is 4.21. The summed E-state index contributed by atoms with van der Waals surface area (Å²) in [6.07, 6.45) is 8.89. The highest BCUT2D eigenvalue weighted by Crippen LogP contribution is 2.55. The van der Waals surface area contributed by atoms with E-state index in [4.69, 9.17) is 0 Å². The lowest BCUT2D eigenvalue weighted by atomic mass is 9.53. The second-order valence-corrected chi connectivity index (χ2v) is 10.6. The first-order valence-electron chi connectivity index (χ1n) is 10.9. The number of carbonyl (C=O) groups is 1. The molecule has 0 saturated heterocycles. The van der Waals surface area contributed by atoms with Crippen LogP contribution in [0.25, 0.3) is 20.7 Å². The Hall–Kier alpha value is -2.47. The van der Waals surface area contributed by atoms with Gasteiger partial charge in [-0.15, -0.1) is 11.3 Å². The topological polar surface area (TPSA) is 64.0 Å². The molecule has 4 fully saturated rings. The highest BCUT2D eigenvalue weighted by molar-refractivity contribution is 7.21. The van der Waals surface area contributed by atoms with Crippen molar-refractivity contribution in [2.45, 2.75) is 50.6 Å². The summed E-state index contributed by atoms with van der Waals surface area (Å²) in [6, 6.07) is 11.9. The van der Waals surface area contributed by atoms with E-state index in [1.807, 2.05) is 36.4 Å². The molecule has 4 aliphatic rings. The van der Waals surface area contributed by atoms with E-state index in [0.717, 1.165) is 52.3 Å². The van der Waals surface area contributed by atoms with Gasteiger partial charge in [0.15, 0.2) is 0 Å². The van der Waals surface area contributed by atoms with Crippen molar-refractivity contribution in [1.29, 1.82) is 0 Å². The molecule has 0 unspecified atom stereocenters. The molecule has 2 heterocycles. The SMILES string of the molecule is O=C(Cn1cnc2sc(-c3ccccc3)cc2c1=O)NC12CC3CC(CC(C3)C1)C2. The van der Waals surface area contributed by atoms with E-state index in [0.29, 0.717) is 5.39 Å². The predicted molar refractivity (Wildman–Crippen MR) is 118 cm³/mol. The molecule has 4 bridgehead atoms. The first kappa shape index (κ1) is 18.3. The number of rotatable bonds is 4. The van der Waals surface area contributed by atoms with Crippen LogP contribution in [0.2, 0.25) is 0 Å². The van der Waals surface area contributed by atoms with Crippen LogP contribution >= 0.6 is 11.3 Å². The van der Waals surface area contributed by atoms with Gasteiger partial charge < -0.3 is 5.32 Å². The zero-order valence-corrected chi connectivity index (χ0v) is 17.7. The summed E-state index contributed by atoms with van der Waals surface area (Å²) in [4.78, 5) is 32.1. The summed E-state index contributed by atoms with van der Waals surface area (Å²) in [5.74, 6) is 2.28. The summed E-state index contributed by atoms with van der Waals surface area (Å²) < 4.78 is 1.46. The summed E-state index contributed by atoms with van der Waals surface area (Å²) in [6.45, 7) is 0.0417. The lowest BCUT2D eigenvalue weighted by Crippen LogP contribution is -2.60. The summed E-state index contributed by atoms with van der Waals surface area (Å²) in [7, 11) is 0. The van der Waals surface area contributed by atoms with Crippen LogP contribution < -0.4 is 10.9 Å². The van der Waals surface area contributed by atoms with Gasteiger partial charge in [0.25, 0.3) is 5.56 Å². The van der Waals surface area contributed by atoms with Crippen LogP contribution in [0.15, 0.2) is 47.5 Å². The zero-order chi connectivity index (χ0) is 20.3. The van der Waals surface area contributed by atoms with E-state index in [1.54, 1.807) is 0 Å². The van der Waals surface area contributed by atoms with Crippen LogP contribution in [0.1, 0.15) is 38.5 Å². The normalized spacial score (nSPS) is 29.4. The number of fused-ring (bicyclic) bond motifs is 1. The Balaban J connectivity index is 1.24. The number of thiophene rings is 1. The fourth-order valence-corrected chi connectivity index (χ4v) is 7.57. The van der Waals surface area contributed by atoms with E-state index in [9.17, 15) is 9.59 Å². The number of hydrogen-bond donors (Lipinski definition) is 1. The minimum atomic E-state index is -0.140. The van der Waals surface area contributed by atoms with Gasteiger partial charge in [-0.2, -0.15) is 0 Å². The number of amides is 1. The monoisotopic (exact) mass is 419 g/mol. The standard InChI is InChI=1S/C24H25N3O2S/c28-21(26-24-10-15-6-16(11-24)8-17(7-15)12-24)13-27-14-25-22-19(23(27)29)9-20(30-22)18-4-2-1-3-5-18/h1-5,9,14-17H,6-8,10-13H2,(H,26,28). The highest BCUT2D eigenvalue weighted by atomic mass is 32.1. The third-order valence-electron chi connectivity index (χ3n) is 7.33. The van der Waals surface area contributed by atoms with Gasteiger partial charge in [-0.3, -0.25) is 14.2 Å². The third kappa shape index (κ3) is 3.09. The van der Waals surface area contributed by atoms with E-state index < -0.39 is 0 Å². The van der Waals surface area contributed by atoms with Crippen LogP contribution in [-0.2, 0) is 11.3 Å². The molecular formula is C24H25N3O2S. The smallest absolute Gasteiger partial charge is 0.262 e. The Morgan fingerprint density at radius 2 is 1.77 bits per heavy atom. The molecule has 1 N–H and O–H groups in total. The minimum absolute atomic E-state index is 0.0319. The van der Waals surface area contributed by atoms with Crippen LogP contribution in [0.4, 0.5) is 0 Å². The van der Waals surface area contributed by atoms with Crippen molar-refractivity contribution >= 4 is 27.5 Å². The molecule has 2 aromatic heterocycles. The molecule has 1 amide bonds. The van der Waals surface area contributed by atoms with Crippen molar-refractivity contribution < 1.29 is 4.79 Å². The van der Waals surface area contributed by atoms with Crippen molar-refractivity contribution in [2.24, 2.45) is 17.8 Å². The van der Waals surface area contributed by atoms with E-state index in [1.165, 1.54) is 41.5 Å². The third-order valence-corrected chi connectivity index (χ3v) is 8.43. The van der Waals surface area contributed by atoms with Crippen LogP contribution in [0.5, 0.6) is 0 Å². The number of nitrogens with one attached hydrogen (secondary N) is 1. The van der Waals surface area contributed by atoms with E-state index >= 15 is 0 Å². The van der Waals surface area contributed by atoms with Crippen molar-refractivity contribution in [3.8, 4) is 10.4 Å². The Morgan fingerprint density at radius 3 is 2.43 bits per heavy atom. The van der Waals surface area contributed by atoms with E-state index in [2.05, 4.69) is 10.3 Å². The number of carbonyl (C=O) groups excluding carboxylic acids is 1. The van der Waals surface area contributed by atoms with Crippen LogP contribution in [-0.4, -0.2) is 21.0 Å². The number of hydrogen-bond acceptors (Lipinski definition) is 4. The van der Waals surface area contributed by atoms with Crippen LogP contribution in [0.3, 0.4) is 0 Å². The molecule has 0 atom stereocenters. The molecule has 4 saturated carbocycles. The second kappa shape index (κ2) is 6.77. The summed E-state index contributed by atoms with van der Waals surface area (Å²) in [5, 5.41) is 3.94. The van der Waals surface area contributed by atoms with Gasteiger partial charge in [-0.25, -0.2) is 4.98 Å². The number of aromatic nitrogens is 2. The molecule has 6 heteroatoms. The largest absolute Gasteiger partial charge is 0.349 e. The molecule has 0 spiro atoms. The van der Waals surface area contributed by atoms with Crippen molar-refractivity contribution in [2.75, 3.05) is 0 Å². The molecule has 4 aliphatic carbocycles. The molecule has 30 heavy (non-hydrogen) atoms. The first-order valence-corrected chi connectivity index (χ1v) is 11.7. The molecular weight excluding hydrogens is 394 g/mol. The molecule has 7 rings (SSSR count). The van der Waals surface area contributed by atoms with Crippen molar-refractivity contribution in [3.63, 3.8) is 0 Å². The van der Waals surface area contributed by atoms with Gasteiger partial charge >= 0.3 is 0 Å². The summed E-state index contributed by atoms with van der Waals surface area (Å²) >= 11 is 1.51. The first-order chi connectivity index (χ1) is 14.6. The van der Waals surface area contributed by atoms with Gasteiger partial charge in [0.1, 0.15) is 11.4 Å². The maximum Gasteiger partial charge on any atom is 0.262 e. The Labute approximate surface area is 179 Å². The molecule has 5 nitrogen and oxygen atoms in total.